The van der Waals surface area contributed by atoms with Gasteiger partial charge in [-0.3, -0.25) is 4.79 Å². The highest BCUT2D eigenvalue weighted by Crippen LogP contribution is 2.41. The molecule has 5 nitrogen and oxygen atoms in total. The minimum Gasteiger partial charge on any atom is -0.496 e. The van der Waals surface area contributed by atoms with Crippen LogP contribution in [0, 0.1) is 32.6 Å². The van der Waals surface area contributed by atoms with E-state index >= 15 is 0 Å². The number of hydrogen-bond donors (Lipinski definition) is 2. The number of halogens is 2. The zero-order valence-corrected chi connectivity index (χ0v) is 22.9. The van der Waals surface area contributed by atoms with Crippen LogP contribution >= 0.6 is 0 Å². The van der Waals surface area contributed by atoms with E-state index in [1.54, 1.807) is 27.0 Å². The zero-order valence-electron chi connectivity index (χ0n) is 22.9. The van der Waals surface area contributed by atoms with Gasteiger partial charge in [0.25, 0.3) is 11.8 Å². The molecule has 0 fully saturated rings. The summed E-state index contributed by atoms with van der Waals surface area (Å²) in [5, 5.41) is 2.72. The lowest BCUT2D eigenvalue weighted by atomic mass is 9.89. The van der Waals surface area contributed by atoms with Gasteiger partial charge in [0.05, 0.1) is 7.11 Å². The van der Waals surface area contributed by atoms with Gasteiger partial charge in [-0.25, -0.2) is 13.8 Å². The number of benzene rings is 3. The summed E-state index contributed by atoms with van der Waals surface area (Å²) in [6.45, 7) is 8.95. The Kier molecular flexibility index (Phi) is 7.87. The molecule has 1 amide bonds. The molecule has 2 N–H and O–H groups in total. The van der Waals surface area contributed by atoms with E-state index in [9.17, 15) is 13.6 Å². The van der Waals surface area contributed by atoms with Crippen molar-refractivity contribution in [3.8, 4) is 40.1 Å². The van der Waals surface area contributed by atoms with E-state index < -0.39 is 11.8 Å². The van der Waals surface area contributed by atoms with Gasteiger partial charge in [-0.1, -0.05) is 49.2 Å². The average Bonchev–Trinajstić information content (AvgIpc) is 3.30. The molecule has 39 heavy (non-hydrogen) atoms. The summed E-state index contributed by atoms with van der Waals surface area (Å²) in [6, 6.07) is 15.7. The highest BCUT2D eigenvalue weighted by Gasteiger charge is 2.29. The second-order valence-corrected chi connectivity index (χ2v) is 9.34. The third kappa shape index (κ3) is 5.42. The van der Waals surface area contributed by atoms with Gasteiger partial charge < -0.3 is 15.0 Å². The van der Waals surface area contributed by atoms with E-state index in [-0.39, 0.29) is 23.4 Å². The Morgan fingerprint density at radius 1 is 1.08 bits per heavy atom. The molecule has 0 aliphatic rings. The maximum atomic E-state index is 14.2. The number of aromatic nitrogens is 2. The van der Waals surface area contributed by atoms with Crippen molar-refractivity contribution in [2.75, 3.05) is 12.4 Å². The fraction of sp³-hybridized carbons (Fsp3) is 0.250. The molecule has 0 spiro atoms. The topological polar surface area (TPSA) is 67.0 Å². The van der Waals surface area contributed by atoms with E-state index in [0.29, 0.717) is 22.8 Å². The molecular weight excluding hydrogens is 496 g/mol. The summed E-state index contributed by atoms with van der Waals surface area (Å²) in [5.74, 6) is 3.79. The van der Waals surface area contributed by atoms with Crippen LogP contribution in [0.1, 0.15) is 58.7 Å². The Balaban J connectivity index is 1.80. The smallest absolute Gasteiger partial charge is 0.276 e. The first-order valence-corrected chi connectivity index (χ1v) is 12.7. The van der Waals surface area contributed by atoms with Crippen LogP contribution in [0.15, 0.2) is 54.6 Å². The summed E-state index contributed by atoms with van der Waals surface area (Å²) < 4.78 is 34.2. The van der Waals surface area contributed by atoms with E-state index in [1.807, 2.05) is 44.2 Å². The molecule has 0 aliphatic carbocycles. The summed E-state index contributed by atoms with van der Waals surface area (Å²) in [4.78, 5) is 21.1. The number of carbonyl (C=O) groups is 1. The molecule has 1 aromatic heterocycles. The van der Waals surface area contributed by atoms with E-state index in [0.717, 1.165) is 27.8 Å². The van der Waals surface area contributed by atoms with Gasteiger partial charge >= 0.3 is 0 Å². The number of alkyl halides is 2. The van der Waals surface area contributed by atoms with Crippen molar-refractivity contribution >= 4 is 11.6 Å². The Hall–Kier alpha value is -4.44. The van der Waals surface area contributed by atoms with E-state index in [2.05, 4.69) is 27.1 Å². The molecule has 0 unspecified atom stereocenters. The number of ether oxygens (including phenoxy) is 1. The van der Waals surface area contributed by atoms with E-state index in [1.165, 1.54) is 25.1 Å². The molecule has 0 radical (unpaired) electrons. The van der Waals surface area contributed by atoms with Gasteiger partial charge in [-0.15, -0.1) is 5.92 Å². The number of nitrogens with zero attached hydrogens (tertiary/aromatic N) is 1. The van der Waals surface area contributed by atoms with Crippen molar-refractivity contribution in [2.45, 2.75) is 47.0 Å². The van der Waals surface area contributed by atoms with Crippen molar-refractivity contribution in [1.29, 1.82) is 0 Å². The number of rotatable bonds is 7. The molecule has 0 atom stereocenters. The molecular formula is C32H31F2N3O2. The van der Waals surface area contributed by atoms with Crippen LogP contribution in [0.25, 0.3) is 22.5 Å². The number of aromatic amines is 1. The summed E-state index contributed by atoms with van der Waals surface area (Å²) in [6.07, 6.45) is -0.332. The molecule has 7 heteroatoms. The van der Waals surface area contributed by atoms with Crippen molar-refractivity contribution in [2.24, 2.45) is 0 Å². The number of anilines is 1. The van der Waals surface area contributed by atoms with Crippen LogP contribution in [0.3, 0.4) is 0 Å². The van der Waals surface area contributed by atoms with Crippen LogP contribution in [0.4, 0.5) is 14.5 Å². The normalized spacial score (nSPS) is 11.1. The SMILES string of the molecule is CC#Cc1cc(OC)c(-c2ccccc2C)c(C)c1-c1nc(C(=O)Nc2cccc(C(F)(F)CC)c2)c(C)[nH]1. The number of hydrogen-bond acceptors (Lipinski definition) is 3. The molecule has 0 bridgehead atoms. The quantitative estimate of drug-likeness (QED) is 0.241. The first kappa shape index (κ1) is 27.6. The predicted molar refractivity (Wildman–Crippen MR) is 151 cm³/mol. The third-order valence-electron chi connectivity index (χ3n) is 6.76. The van der Waals surface area contributed by atoms with Gasteiger partial charge in [-0.05, 0) is 62.6 Å². The van der Waals surface area contributed by atoms with Crippen molar-refractivity contribution in [1.82, 2.24) is 9.97 Å². The zero-order chi connectivity index (χ0) is 28.3. The number of amides is 1. The van der Waals surface area contributed by atoms with Gasteiger partial charge in [0.2, 0.25) is 0 Å². The van der Waals surface area contributed by atoms with Crippen molar-refractivity contribution in [3.63, 3.8) is 0 Å². The summed E-state index contributed by atoms with van der Waals surface area (Å²) >= 11 is 0. The van der Waals surface area contributed by atoms with Crippen molar-refractivity contribution in [3.05, 3.63) is 88.2 Å². The Morgan fingerprint density at radius 3 is 2.49 bits per heavy atom. The van der Waals surface area contributed by atoms with Crippen LogP contribution in [-0.2, 0) is 5.92 Å². The Labute approximate surface area is 227 Å². The molecule has 4 rings (SSSR count). The van der Waals surface area contributed by atoms with Crippen LogP contribution < -0.4 is 10.1 Å². The standard InChI is InChI=1S/C32H31F2N3O2/c1-7-12-22-17-26(39-6)28(25-16-10-9-13-19(25)3)20(4)27(22)30-35-21(5)29(37-30)31(38)36-24-15-11-14-23(18-24)32(33,34)8-2/h9-11,13-18H,8H2,1-6H3,(H,35,37)(H,36,38). The second kappa shape index (κ2) is 11.1. The van der Waals surface area contributed by atoms with Crippen LogP contribution in [-0.4, -0.2) is 23.0 Å². The van der Waals surface area contributed by atoms with E-state index in [4.69, 9.17) is 4.74 Å². The molecule has 0 saturated carbocycles. The summed E-state index contributed by atoms with van der Waals surface area (Å²) in [5.41, 5.74) is 6.23. The number of methoxy groups -OCH3 is 1. The lowest BCUT2D eigenvalue weighted by molar-refractivity contribution is -0.00824. The number of H-pyrrole nitrogens is 1. The Morgan fingerprint density at radius 2 is 1.82 bits per heavy atom. The molecule has 4 aromatic rings. The van der Waals surface area contributed by atoms with Crippen LogP contribution in [0.5, 0.6) is 5.75 Å². The minimum atomic E-state index is -2.98. The monoisotopic (exact) mass is 527 g/mol. The lowest BCUT2D eigenvalue weighted by Crippen LogP contribution is -2.16. The van der Waals surface area contributed by atoms with Crippen molar-refractivity contribution < 1.29 is 18.3 Å². The highest BCUT2D eigenvalue weighted by molar-refractivity contribution is 6.04. The molecule has 3 aromatic carbocycles. The number of aryl methyl sites for hydroxylation is 2. The van der Waals surface area contributed by atoms with Gasteiger partial charge in [-0.2, -0.15) is 0 Å². The molecule has 0 saturated heterocycles. The third-order valence-corrected chi connectivity index (χ3v) is 6.76. The summed E-state index contributed by atoms with van der Waals surface area (Å²) in [7, 11) is 1.63. The maximum absolute atomic E-state index is 14.2. The lowest BCUT2D eigenvalue weighted by Gasteiger charge is -2.18. The maximum Gasteiger partial charge on any atom is 0.276 e. The van der Waals surface area contributed by atoms with Crippen LogP contribution in [0.2, 0.25) is 0 Å². The Bertz CT molecular complexity index is 1610. The number of carbonyl (C=O) groups excluding carboxylic acids is 1. The average molecular weight is 528 g/mol. The van der Waals surface area contributed by atoms with Gasteiger partial charge in [0.1, 0.15) is 17.3 Å². The molecule has 200 valence electrons. The first-order valence-electron chi connectivity index (χ1n) is 12.7. The number of imidazole rings is 1. The van der Waals surface area contributed by atoms with Gasteiger partial charge in [0.15, 0.2) is 0 Å². The van der Waals surface area contributed by atoms with Gasteiger partial charge in [0, 0.05) is 40.1 Å². The highest BCUT2D eigenvalue weighted by atomic mass is 19.3. The fourth-order valence-electron chi connectivity index (χ4n) is 4.69. The predicted octanol–water partition coefficient (Wildman–Crippen LogP) is 7.80. The minimum absolute atomic E-state index is 0.150. The largest absolute Gasteiger partial charge is 0.496 e. The first-order chi connectivity index (χ1) is 18.6. The molecule has 1 heterocycles. The molecule has 0 aliphatic heterocycles. The fourth-order valence-corrected chi connectivity index (χ4v) is 4.69. The second-order valence-electron chi connectivity index (χ2n) is 9.34. The number of nitrogens with one attached hydrogen (secondary N) is 2.